The highest BCUT2D eigenvalue weighted by atomic mass is 35.5. The molecule has 17 heavy (non-hydrogen) atoms. The van der Waals surface area contributed by atoms with Crippen molar-refractivity contribution in [1.82, 2.24) is 0 Å². The molecule has 0 atom stereocenters. The second kappa shape index (κ2) is 5.61. The summed E-state index contributed by atoms with van der Waals surface area (Å²) < 4.78 is 18.3. The maximum atomic E-state index is 12.9. The van der Waals surface area contributed by atoms with Crippen LogP contribution in [-0.2, 0) is 16.0 Å². The van der Waals surface area contributed by atoms with Crippen LogP contribution in [0.1, 0.15) is 26.3 Å². The van der Waals surface area contributed by atoms with E-state index in [9.17, 15) is 9.18 Å². The Morgan fingerprint density at radius 3 is 2.65 bits per heavy atom. The summed E-state index contributed by atoms with van der Waals surface area (Å²) in [7, 11) is 0. The number of benzene rings is 1. The third-order valence-electron chi connectivity index (χ3n) is 2.53. The third kappa shape index (κ3) is 3.79. The van der Waals surface area contributed by atoms with Gasteiger partial charge in [0.15, 0.2) is 5.78 Å². The van der Waals surface area contributed by atoms with Gasteiger partial charge in [0.05, 0.1) is 5.02 Å². The molecular weight excluding hydrogens is 243 g/mol. The number of Topliss-reactive ketones (excluding diaryl/α,β-unsaturated/α-hetero) is 1. The number of carbonyl (C=O) groups excluding carboxylic acids is 1. The number of halogens is 2. The molecule has 0 spiro atoms. The molecule has 1 aromatic carbocycles. The van der Waals surface area contributed by atoms with Crippen molar-refractivity contribution in [2.45, 2.75) is 32.8 Å². The second-order valence-electron chi connectivity index (χ2n) is 4.29. The highest BCUT2D eigenvalue weighted by Gasteiger charge is 2.27. The van der Waals surface area contributed by atoms with Crippen LogP contribution in [0.25, 0.3) is 0 Å². The molecule has 1 aromatic rings. The van der Waals surface area contributed by atoms with E-state index in [0.29, 0.717) is 12.2 Å². The molecule has 0 saturated heterocycles. The molecule has 0 fully saturated rings. The quantitative estimate of drug-likeness (QED) is 0.809. The van der Waals surface area contributed by atoms with Crippen LogP contribution in [0.15, 0.2) is 18.2 Å². The Balaban J connectivity index is 2.77. The van der Waals surface area contributed by atoms with E-state index in [1.54, 1.807) is 19.9 Å². The minimum absolute atomic E-state index is 0.0320. The third-order valence-corrected chi connectivity index (χ3v) is 2.82. The minimum atomic E-state index is -0.824. The van der Waals surface area contributed by atoms with Gasteiger partial charge in [0.25, 0.3) is 0 Å². The molecule has 94 valence electrons. The first-order valence-electron chi connectivity index (χ1n) is 5.48. The van der Waals surface area contributed by atoms with Gasteiger partial charge in [-0.25, -0.2) is 4.39 Å². The van der Waals surface area contributed by atoms with Gasteiger partial charge in [0, 0.05) is 13.0 Å². The highest BCUT2D eigenvalue weighted by molar-refractivity contribution is 6.30. The van der Waals surface area contributed by atoms with E-state index >= 15 is 0 Å². The van der Waals surface area contributed by atoms with Gasteiger partial charge in [-0.05, 0) is 38.5 Å². The predicted octanol–water partition coefficient (Wildman–Crippen LogP) is 3.41. The van der Waals surface area contributed by atoms with E-state index < -0.39 is 11.4 Å². The van der Waals surface area contributed by atoms with E-state index in [1.165, 1.54) is 12.1 Å². The van der Waals surface area contributed by atoms with E-state index in [2.05, 4.69) is 0 Å². The van der Waals surface area contributed by atoms with Crippen LogP contribution in [0.2, 0.25) is 5.02 Å². The number of carbonyl (C=O) groups is 1. The molecule has 0 saturated carbocycles. The zero-order valence-corrected chi connectivity index (χ0v) is 11.0. The smallest absolute Gasteiger partial charge is 0.168 e. The number of ether oxygens (including phenoxy) is 1. The first-order valence-corrected chi connectivity index (χ1v) is 5.86. The number of hydrogen-bond acceptors (Lipinski definition) is 2. The Morgan fingerprint density at radius 1 is 1.47 bits per heavy atom. The fourth-order valence-electron chi connectivity index (χ4n) is 1.49. The summed E-state index contributed by atoms with van der Waals surface area (Å²) in [6, 6.07) is 4.29. The summed E-state index contributed by atoms with van der Waals surface area (Å²) in [5.41, 5.74) is -0.135. The van der Waals surface area contributed by atoms with Gasteiger partial charge in [0.2, 0.25) is 0 Å². The van der Waals surface area contributed by atoms with Crippen molar-refractivity contribution in [3.8, 4) is 0 Å². The van der Waals surface area contributed by atoms with Gasteiger partial charge in [-0.2, -0.15) is 0 Å². The van der Waals surface area contributed by atoms with E-state index in [1.807, 2.05) is 6.92 Å². The zero-order chi connectivity index (χ0) is 13.1. The topological polar surface area (TPSA) is 26.3 Å². The summed E-state index contributed by atoms with van der Waals surface area (Å²) in [5.74, 6) is -0.533. The molecule has 2 nitrogen and oxygen atoms in total. The molecule has 0 radical (unpaired) electrons. The average Bonchev–Trinajstić information content (AvgIpc) is 2.23. The number of ketones is 1. The predicted molar refractivity (Wildman–Crippen MR) is 65.8 cm³/mol. The van der Waals surface area contributed by atoms with Crippen molar-refractivity contribution in [3.63, 3.8) is 0 Å². The van der Waals surface area contributed by atoms with Crippen LogP contribution in [-0.4, -0.2) is 18.0 Å². The first kappa shape index (κ1) is 14.1. The van der Waals surface area contributed by atoms with Crippen molar-refractivity contribution in [3.05, 3.63) is 34.6 Å². The van der Waals surface area contributed by atoms with Crippen LogP contribution < -0.4 is 0 Å². The van der Waals surface area contributed by atoms with E-state index in [4.69, 9.17) is 16.3 Å². The molecule has 4 heteroatoms. The Labute approximate surface area is 106 Å². The summed E-state index contributed by atoms with van der Waals surface area (Å²) in [6.45, 7) is 5.76. The van der Waals surface area contributed by atoms with Crippen LogP contribution >= 0.6 is 11.6 Å². The molecule has 0 bridgehead atoms. The minimum Gasteiger partial charge on any atom is -0.368 e. The van der Waals surface area contributed by atoms with Crippen LogP contribution in [0.4, 0.5) is 4.39 Å². The molecule has 0 heterocycles. The maximum Gasteiger partial charge on any atom is 0.168 e. The summed E-state index contributed by atoms with van der Waals surface area (Å²) in [5, 5.41) is 0.0320. The van der Waals surface area contributed by atoms with Gasteiger partial charge >= 0.3 is 0 Å². The zero-order valence-electron chi connectivity index (χ0n) is 10.2. The fraction of sp³-hybridized carbons (Fsp3) is 0.462. The Kier molecular flexibility index (Phi) is 4.66. The SMILES string of the molecule is CCOC(C)(C)C(=O)Cc1ccc(F)c(Cl)c1. The Hall–Kier alpha value is -0.930. The first-order chi connectivity index (χ1) is 7.86. The van der Waals surface area contributed by atoms with Gasteiger partial charge in [0.1, 0.15) is 11.4 Å². The standard InChI is InChI=1S/C13H16ClFO2/c1-4-17-13(2,3)12(16)8-9-5-6-11(15)10(14)7-9/h5-7H,4,8H2,1-3H3. The van der Waals surface area contributed by atoms with Gasteiger partial charge < -0.3 is 4.74 Å². The summed E-state index contributed by atoms with van der Waals surface area (Å²) in [4.78, 5) is 12.0. The van der Waals surface area contributed by atoms with Crippen LogP contribution in [0.5, 0.6) is 0 Å². The molecule has 0 aliphatic heterocycles. The highest BCUT2D eigenvalue weighted by Crippen LogP contribution is 2.19. The molecule has 0 amide bonds. The lowest BCUT2D eigenvalue weighted by molar-refractivity contribution is -0.139. The van der Waals surface area contributed by atoms with Crippen molar-refractivity contribution in [2.24, 2.45) is 0 Å². The van der Waals surface area contributed by atoms with Crippen LogP contribution in [0.3, 0.4) is 0 Å². The maximum absolute atomic E-state index is 12.9. The van der Waals surface area contributed by atoms with Gasteiger partial charge in [-0.1, -0.05) is 17.7 Å². The van der Waals surface area contributed by atoms with Crippen LogP contribution in [0, 0.1) is 5.82 Å². The van der Waals surface area contributed by atoms with E-state index in [-0.39, 0.29) is 17.2 Å². The normalized spacial score (nSPS) is 11.6. The summed E-state index contributed by atoms with van der Waals surface area (Å²) >= 11 is 5.66. The van der Waals surface area contributed by atoms with Crippen molar-refractivity contribution in [2.75, 3.05) is 6.61 Å². The van der Waals surface area contributed by atoms with Gasteiger partial charge in [-0.15, -0.1) is 0 Å². The molecule has 0 unspecified atom stereocenters. The Bertz CT molecular complexity index is 416. The Morgan fingerprint density at radius 2 is 2.12 bits per heavy atom. The molecule has 0 N–H and O–H groups in total. The molecule has 0 aliphatic carbocycles. The van der Waals surface area contributed by atoms with Gasteiger partial charge in [-0.3, -0.25) is 4.79 Å². The fourth-order valence-corrected chi connectivity index (χ4v) is 1.69. The van der Waals surface area contributed by atoms with E-state index in [0.717, 1.165) is 0 Å². The lowest BCUT2D eigenvalue weighted by atomic mass is 9.97. The largest absolute Gasteiger partial charge is 0.368 e. The summed E-state index contributed by atoms with van der Waals surface area (Å²) in [6.07, 6.45) is 0.188. The molecule has 0 aromatic heterocycles. The second-order valence-corrected chi connectivity index (χ2v) is 4.70. The monoisotopic (exact) mass is 258 g/mol. The molecule has 1 rings (SSSR count). The lowest BCUT2D eigenvalue weighted by Crippen LogP contribution is -2.36. The molecular formula is C13H16ClFO2. The molecule has 0 aliphatic rings. The number of hydrogen-bond donors (Lipinski definition) is 0. The average molecular weight is 259 g/mol. The van der Waals surface area contributed by atoms with Crippen molar-refractivity contribution in [1.29, 1.82) is 0 Å². The van der Waals surface area contributed by atoms with Crippen molar-refractivity contribution < 1.29 is 13.9 Å². The lowest BCUT2D eigenvalue weighted by Gasteiger charge is -2.23. The number of rotatable bonds is 5. The van der Waals surface area contributed by atoms with Crippen molar-refractivity contribution >= 4 is 17.4 Å².